The minimum Gasteiger partial charge on any atom is -0.353 e. The van der Waals surface area contributed by atoms with Gasteiger partial charge in [-0.3, -0.25) is 4.79 Å². The fourth-order valence-corrected chi connectivity index (χ4v) is 3.36. The predicted molar refractivity (Wildman–Crippen MR) is 105 cm³/mol. The number of hydrogen-bond acceptors (Lipinski definition) is 3. The lowest BCUT2D eigenvalue weighted by molar-refractivity contribution is -0.120. The third kappa shape index (κ3) is 6.02. The van der Waals surface area contributed by atoms with Gasteiger partial charge >= 0.3 is 0 Å². The van der Waals surface area contributed by atoms with Crippen LogP contribution in [0.5, 0.6) is 0 Å². The van der Waals surface area contributed by atoms with E-state index in [9.17, 15) is 4.79 Å². The zero-order valence-corrected chi connectivity index (χ0v) is 16.0. The van der Waals surface area contributed by atoms with E-state index in [0.29, 0.717) is 11.6 Å². The van der Waals surface area contributed by atoms with Gasteiger partial charge in [0.1, 0.15) is 5.25 Å². The van der Waals surface area contributed by atoms with Crippen LogP contribution in [0.1, 0.15) is 17.7 Å². The number of hydrogen-bond donors (Lipinski definition) is 2. The van der Waals surface area contributed by atoms with Crippen LogP contribution in [-0.2, 0) is 4.79 Å². The highest BCUT2D eigenvalue weighted by Crippen LogP contribution is 2.38. The van der Waals surface area contributed by atoms with Crippen molar-refractivity contribution in [2.45, 2.75) is 23.1 Å². The summed E-state index contributed by atoms with van der Waals surface area (Å²) in [4.78, 5) is 13.6. The summed E-state index contributed by atoms with van der Waals surface area (Å²) in [6, 6.07) is 17.6. The van der Waals surface area contributed by atoms with Crippen LogP contribution in [0.3, 0.4) is 0 Å². The van der Waals surface area contributed by atoms with Crippen molar-refractivity contribution in [1.82, 2.24) is 10.6 Å². The van der Waals surface area contributed by atoms with Gasteiger partial charge in [0.05, 0.1) is 5.02 Å². The van der Waals surface area contributed by atoms with Gasteiger partial charge < -0.3 is 10.6 Å². The van der Waals surface area contributed by atoms with E-state index in [4.69, 9.17) is 11.6 Å². The SMILES string of the molecule is CNC(C)CNC(=O)C(Sc1ccccc1Cl)c1ccccc1.Cl. The zero-order chi connectivity index (χ0) is 16.7. The maximum absolute atomic E-state index is 12.7. The third-order valence-corrected chi connectivity index (χ3v) is 5.27. The van der Waals surface area contributed by atoms with Crippen LogP contribution in [0, 0.1) is 0 Å². The molecule has 0 aliphatic carbocycles. The summed E-state index contributed by atoms with van der Waals surface area (Å²) in [5.41, 5.74) is 0.965. The van der Waals surface area contributed by atoms with E-state index in [2.05, 4.69) is 10.6 Å². The molecule has 0 bridgehead atoms. The van der Waals surface area contributed by atoms with Crippen molar-refractivity contribution in [3.63, 3.8) is 0 Å². The number of amides is 1. The molecule has 0 aromatic heterocycles. The Balaban J connectivity index is 0.00000288. The van der Waals surface area contributed by atoms with Gasteiger partial charge in [0.2, 0.25) is 5.91 Å². The summed E-state index contributed by atoms with van der Waals surface area (Å²) in [6.07, 6.45) is 0. The van der Waals surface area contributed by atoms with Crippen LogP contribution in [0.15, 0.2) is 59.5 Å². The Morgan fingerprint density at radius 2 is 1.75 bits per heavy atom. The number of benzene rings is 2. The smallest absolute Gasteiger partial charge is 0.238 e. The average molecular weight is 385 g/mol. The molecule has 0 fully saturated rings. The van der Waals surface area contributed by atoms with E-state index in [1.807, 2.05) is 68.6 Å². The number of rotatable bonds is 7. The molecule has 0 aliphatic heterocycles. The Morgan fingerprint density at radius 1 is 1.12 bits per heavy atom. The molecular weight excluding hydrogens is 363 g/mol. The van der Waals surface area contributed by atoms with Crippen molar-refractivity contribution in [2.75, 3.05) is 13.6 Å². The first-order valence-electron chi connectivity index (χ1n) is 7.53. The summed E-state index contributed by atoms with van der Waals surface area (Å²) in [7, 11) is 1.88. The quantitative estimate of drug-likeness (QED) is 0.698. The molecule has 0 spiro atoms. The van der Waals surface area contributed by atoms with Crippen LogP contribution >= 0.6 is 35.8 Å². The summed E-state index contributed by atoms with van der Waals surface area (Å²) >= 11 is 7.72. The van der Waals surface area contributed by atoms with Gasteiger partial charge in [0.15, 0.2) is 0 Å². The molecule has 2 atom stereocenters. The Hall–Kier alpha value is -1.20. The number of thioether (sulfide) groups is 1. The number of halogens is 2. The molecule has 0 radical (unpaired) electrons. The van der Waals surface area contributed by atoms with Gasteiger partial charge in [-0.15, -0.1) is 24.2 Å². The van der Waals surface area contributed by atoms with Crippen LogP contribution in [0.25, 0.3) is 0 Å². The molecule has 2 rings (SSSR count). The zero-order valence-electron chi connectivity index (χ0n) is 13.7. The highest BCUT2D eigenvalue weighted by molar-refractivity contribution is 8.00. The maximum atomic E-state index is 12.7. The van der Waals surface area contributed by atoms with Crippen molar-refractivity contribution >= 4 is 41.7 Å². The molecule has 0 aliphatic rings. The molecule has 0 heterocycles. The summed E-state index contributed by atoms with van der Waals surface area (Å²) < 4.78 is 0. The van der Waals surface area contributed by atoms with Gasteiger partial charge in [-0.25, -0.2) is 0 Å². The van der Waals surface area contributed by atoms with Crippen molar-refractivity contribution in [2.24, 2.45) is 0 Å². The lowest BCUT2D eigenvalue weighted by atomic mass is 10.1. The Bertz CT molecular complexity index is 640. The Morgan fingerprint density at radius 3 is 2.38 bits per heavy atom. The standard InChI is InChI=1S/C18H21ClN2OS.ClH/c1-13(20-2)12-21-18(22)17(14-8-4-3-5-9-14)23-16-11-7-6-10-15(16)19;/h3-11,13,17,20H,12H2,1-2H3,(H,21,22);1H. The fraction of sp³-hybridized carbons (Fsp3) is 0.278. The van der Waals surface area contributed by atoms with Crippen molar-refractivity contribution in [1.29, 1.82) is 0 Å². The first-order valence-corrected chi connectivity index (χ1v) is 8.78. The lowest BCUT2D eigenvalue weighted by Gasteiger charge is -2.19. The first kappa shape index (κ1) is 20.8. The predicted octanol–water partition coefficient (Wildman–Crippen LogP) is 4.32. The average Bonchev–Trinajstić information content (AvgIpc) is 2.59. The molecule has 2 aromatic rings. The minimum absolute atomic E-state index is 0. The van der Waals surface area contributed by atoms with Crippen molar-refractivity contribution in [3.8, 4) is 0 Å². The molecule has 2 unspecified atom stereocenters. The third-order valence-electron chi connectivity index (χ3n) is 3.50. The largest absolute Gasteiger partial charge is 0.353 e. The van der Waals surface area contributed by atoms with Crippen LogP contribution < -0.4 is 10.6 Å². The number of nitrogens with one attached hydrogen (secondary N) is 2. The summed E-state index contributed by atoms with van der Waals surface area (Å²) in [6.45, 7) is 2.61. The van der Waals surface area contributed by atoms with E-state index < -0.39 is 0 Å². The fourth-order valence-electron chi connectivity index (χ4n) is 2.02. The minimum atomic E-state index is -0.333. The maximum Gasteiger partial charge on any atom is 0.238 e. The van der Waals surface area contributed by atoms with Gasteiger partial charge in [-0.2, -0.15) is 0 Å². The Labute approximate surface area is 159 Å². The second kappa shape index (κ2) is 10.6. The normalized spacial score (nSPS) is 12.8. The van der Waals surface area contributed by atoms with Gasteiger partial charge in [-0.05, 0) is 31.7 Å². The molecule has 0 saturated carbocycles. The van der Waals surface area contributed by atoms with Crippen LogP contribution in [0.4, 0.5) is 0 Å². The summed E-state index contributed by atoms with van der Waals surface area (Å²) in [5.74, 6) is -0.0109. The van der Waals surface area contributed by atoms with Gasteiger partial charge in [-0.1, -0.05) is 54.1 Å². The van der Waals surface area contributed by atoms with Crippen LogP contribution in [0.2, 0.25) is 5.02 Å². The second-order valence-electron chi connectivity index (χ2n) is 5.27. The molecule has 130 valence electrons. The second-order valence-corrected chi connectivity index (χ2v) is 6.83. The number of carbonyl (C=O) groups is 1. The van der Waals surface area contributed by atoms with Gasteiger partial charge in [0, 0.05) is 17.5 Å². The van der Waals surface area contributed by atoms with Crippen molar-refractivity contribution in [3.05, 3.63) is 65.2 Å². The van der Waals surface area contributed by atoms with Gasteiger partial charge in [0.25, 0.3) is 0 Å². The summed E-state index contributed by atoms with van der Waals surface area (Å²) in [5, 5.41) is 6.45. The lowest BCUT2D eigenvalue weighted by Crippen LogP contribution is -2.38. The van der Waals surface area contributed by atoms with E-state index in [0.717, 1.165) is 10.5 Å². The molecule has 24 heavy (non-hydrogen) atoms. The van der Waals surface area contributed by atoms with Crippen molar-refractivity contribution < 1.29 is 4.79 Å². The van der Waals surface area contributed by atoms with Crippen LogP contribution in [-0.4, -0.2) is 25.5 Å². The molecule has 3 nitrogen and oxygen atoms in total. The first-order chi connectivity index (χ1) is 11.1. The molecule has 1 amide bonds. The highest BCUT2D eigenvalue weighted by Gasteiger charge is 2.22. The molecular formula is C18H22Cl2N2OS. The Kier molecular flexibility index (Phi) is 9.22. The monoisotopic (exact) mass is 384 g/mol. The highest BCUT2D eigenvalue weighted by atomic mass is 35.5. The molecule has 2 aromatic carbocycles. The molecule has 0 saturated heterocycles. The molecule has 2 N–H and O–H groups in total. The number of carbonyl (C=O) groups excluding carboxylic acids is 1. The van der Waals surface area contributed by atoms with E-state index in [-0.39, 0.29) is 29.6 Å². The number of likely N-dealkylation sites (N-methyl/N-ethyl adjacent to an activating group) is 1. The van der Waals surface area contributed by atoms with E-state index in [1.54, 1.807) is 0 Å². The van der Waals surface area contributed by atoms with E-state index in [1.165, 1.54) is 11.8 Å². The molecule has 6 heteroatoms. The van der Waals surface area contributed by atoms with E-state index >= 15 is 0 Å². The topological polar surface area (TPSA) is 41.1 Å².